The average molecular weight is 225 g/mol. The molecule has 1 aromatic carbocycles. The van der Waals surface area contributed by atoms with Gasteiger partial charge in [-0.05, 0) is 37.1 Å². The molecular weight excluding hydrogens is 209 g/mol. The third kappa shape index (κ3) is 5.34. The van der Waals surface area contributed by atoms with Crippen LogP contribution >= 0.6 is 0 Å². The van der Waals surface area contributed by atoms with Crippen molar-refractivity contribution in [3.63, 3.8) is 0 Å². The number of unbranched alkanes of at least 4 members (excludes halogenated alkanes) is 1. The summed E-state index contributed by atoms with van der Waals surface area (Å²) >= 11 is 0. The molecule has 0 aliphatic heterocycles. The summed E-state index contributed by atoms with van der Waals surface area (Å²) in [6.45, 7) is 2.74. The van der Waals surface area contributed by atoms with Crippen molar-refractivity contribution in [3.05, 3.63) is 30.1 Å². The number of rotatable bonds is 6. The number of amides is 1. The van der Waals surface area contributed by atoms with Crippen molar-refractivity contribution in [2.24, 2.45) is 0 Å². The minimum Gasteiger partial charge on any atom is -0.494 e. The van der Waals surface area contributed by atoms with E-state index in [1.807, 2.05) is 0 Å². The van der Waals surface area contributed by atoms with E-state index < -0.39 is 0 Å². The molecule has 0 aliphatic carbocycles. The molecule has 0 atom stereocenters. The van der Waals surface area contributed by atoms with Crippen LogP contribution in [-0.2, 0) is 4.79 Å². The molecule has 0 unspecified atom stereocenters. The molecule has 0 spiro atoms. The highest BCUT2D eigenvalue weighted by molar-refractivity contribution is 5.72. The number of ether oxygens (including phenoxy) is 1. The lowest BCUT2D eigenvalue weighted by molar-refractivity contribution is -0.118. The molecule has 0 fully saturated rings. The fraction of sp³-hybridized carbons (Fsp3) is 0.417. The van der Waals surface area contributed by atoms with Crippen molar-refractivity contribution >= 4 is 5.91 Å². The number of nitrogens with one attached hydrogen (secondary N) is 1. The first-order valence-electron chi connectivity index (χ1n) is 5.31. The number of carbonyl (C=O) groups is 1. The van der Waals surface area contributed by atoms with Crippen molar-refractivity contribution in [2.45, 2.75) is 19.8 Å². The van der Waals surface area contributed by atoms with E-state index in [-0.39, 0.29) is 11.7 Å². The standard InChI is InChI=1S/C12H16FNO2/c1-10(15)14-8-2-3-9-16-12-6-4-11(13)5-7-12/h4-7H,2-3,8-9H2,1H3,(H,14,15). The predicted octanol–water partition coefficient (Wildman–Crippen LogP) is 2.12. The Labute approximate surface area is 94.6 Å². The van der Waals surface area contributed by atoms with Crippen LogP contribution in [0.1, 0.15) is 19.8 Å². The van der Waals surface area contributed by atoms with Crippen LogP contribution in [0.15, 0.2) is 24.3 Å². The summed E-state index contributed by atoms with van der Waals surface area (Å²) in [6, 6.07) is 5.94. The molecule has 0 bridgehead atoms. The monoisotopic (exact) mass is 225 g/mol. The van der Waals surface area contributed by atoms with Gasteiger partial charge in [0.2, 0.25) is 5.91 Å². The summed E-state index contributed by atoms with van der Waals surface area (Å²) in [4.78, 5) is 10.6. The SMILES string of the molecule is CC(=O)NCCCCOc1ccc(F)cc1. The quantitative estimate of drug-likeness (QED) is 0.753. The third-order valence-electron chi connectivity index (χ3n) is 2.03. The van der Waals surface area contributed by atoms with E-state index in [9.17, 15) is 9.18 Å². The lowest BCUT2D eigenvalue weighted by Crippen LogP contribution is -2.21. The van der Waals surface area contributed by atoms with Gasteiger partial charge in [0, 0.05) is 13.5 Å². The normalized spacial score (nSPS) is 9.88. The van der Waals surface area contributed by atoms with Crippen LogP contribution in [0.3, 0.4) is 0 Å². The Hall–Kier alpha value is -1.58. The van der Waals surface area contributed by atoms with E-state index in [2.05, 4.69) is 5.32 Å². The molecule has 88 valence electrons. The van der Waals surface area contributed by atoms with Crippen molar-refractivity contribution in [1.29, 1.82) is 0 Å². The van der Waals surface area contributed by atoms with Gasteiger partial charge in [0.1, 0.15) is 11.6 Å². The van der Waals surface area contributed by atoms with Crippen LogP contribution in [0.4, 0.5) is 4.39 Å². The first-order valence-corrected chi connectivity index (χ1v) is 5.31. The van der Waals surface area contributed by atoms with Gasteiger partial charge in [-0.1, -0.05) is 0 Å². The number of benzene rings is 1. The minimum absolute atomic E-state index is 0.0144. The molecule has 16 heavy (non-hydrogen) atoms. The van der Waals surface area contributed by atoms with E-state index in [0.29, 0.717) is 18.9 Å². The zero-order valence-electron chi connectivity index (χ0n) is 9.33. The fourth-order valence-corrected chi connectivity index (χ4v) is 1.21. The van der Waals surface area contributed by atoms with E-state index in [1.165, 1.54) is 19.1 Å². The van der Waals surface area contributed by atoms with E-state index in [0.717, 1.165) is 12.8 Å². The summed E-state index contributed by atoms with van der Waals surface area (Å²) < 4.78 is 17.9. The lowest BCUT2D eigenvalue weighted by atomic mass is 10.3. The third-order valence-corrected chi connectivity index (χ3v) is 2.03. The molecule has 1 N–H and O–H groups in total. The van der Waals surface area contributed by atoms with Gasteiger partial charge in [0.25, 0.3) is 0 Å². The molecule has 0 radical (unpaired) electrons. The zero-order chi connectivity index (χ0) is 11.8. The Morgan fingerprint density at radius 1 is 1.31 bits per heavy atom. The fourth-order valence-electron chi connectivity index (χ4n) is 1.21. The van der Waals surface area contributed by atoms with Gasteiger partial charge < -0.3 is 10.1 Å². The highest BCUT2D eigenvalue weighted by Gasteiger charge is 1.95. The number of hydrogen-bond acceptors (Lipinski definition) is 2. The molecule has 1 aromatic rings. The second-order valence-electron chi connectivity index (χ2n) is 3.49. The van der Waals surface area contributed by atoms with E-state index in [4.69, 9.17) is 4.74 Å². The Balaban J connectivity index is 2.07. The van der Waals surface area contributed by atoms with Crippen LogP contribution in [0.5, 0.6) is 5.75 Å². The molecule has 0 saturated carbocycles. The van der Waals surface area contributed by atoms with E-state index >= 15 is 0 Å². The minimum atomic E-state index is -0.266. The Bertz CT molecular complexity index is 324. The molecule has 0 aromatic heterocycles. The van der Waals surface area contributed by atoms with Crippen LogP contribution in [0.25, 0.3) is 0 Å². The lowest BCUT2D eigenvalue weighted by Gasteiger charge is -2.06. The smallest absolute Gasteiger partial charge is 0.216 e. The molecular formula is C12H16FNO2. The zero-order valence-corrected chi connectivity index (χ0v) is 9.33. The number of halogens is 1. The van der Waals surface area contributed by atoms with Crippen molar-refractivity contribution < 1.29 is 13.9 Å². The second-order valence-corrected chi connectivity index (χ2v) is 3.49. The second kappa shape index (κ2) is 6.82. The molecule has 1 rings (SSSR count). The first kappa shape index (κ1) is 12.5. The van der Waals surface area contributed by atoms with Gasteiger partial charge >= 0.3 is 0 Å². The molecule has 0 heterocycles. The maximum absolute atomic E-state index is 12.6. The maximum atomic E-state index is 12.6. The predicted molar refractivity (Wildman–Crippen MR) is 59.8 cm³/mol. The largest absolute Gasteiger partial charge is 0.494 e. The Morgan fingerprint density at radius 2 is 2.00 bits per heavy atom. The van der Waals surface area contributed by atoms with Crippen molar-refractivity contribution in [1.82, 2.24) is 5.32 Å². The molecule has 0 aliphatic rings. The van der Waals surface area contributed by atoms with Crippen LogP contribution < -0.4 is 10.1 Å². The van der Waals surface area contributed by atoms with Gasteiger partial charge in [-0.15, -0.1) is 0 Å². The van der Waals surface area contributed by atoms with Gasteiger partial charge in [-0.25, -0.2) is 4.39 Å². The summed E-state index contributed by atoms with van der Waals surface area (Å²) in [7, 11) is 0. The summed E-state index contributed by atoms with van der Waals surface area (Å²) in [6.07, 6.45) is 1.73. The van der Waals surface area contributed by atoms with E-state index in [1.54, 1.807) is 12.1 Å². The number of carbonyl (C=O) groups excluding carboxylic acids is 1. The van der Waals surface area contributed by atoms with Crippen molar-refractivity contribution in [2.75, 3.05) is 13.2 Å². The highest BCUT2D eigenvalue weighted by Crippen LogP contribution is 2.11. The Morgan fingerprint density at radius 3 is 2.62 bits per heavy atom. The van der Waals surface area contributed by atoms with Gasteiger partial charge in [0.15, 0.2) is 0 Å². The van der Waals surface area contributed by atoms with Crippen LogP contribution in [0.2, 0.25) is 0 Å². The van der Waals surface area contributed by atoms with Gasteiger partial charge in [-0.2, -0.15) is 0 Å². The highest BCUT2D eigenvalue weighted by atomic mass is 19.1. The topological polar surface area (TPSA) is 38.3 Å². The summed E-state index contributed by atoms with van der Waals surface area (Å²) in [5.41, 5.74) is 0. The number of hydrogen-bond donors (Lipinski definition) is 1. The summed E-state index contributed by atoms with van der Waals surface area (Å²) in [5, 5.41) is 2.71. The van der Waals surface area contributed by atoms with Crippen molar-refractivity contribution in [3.8, 4) is 5.75 Å². The van der Waals surface area contributed by atoms with Gasteiger partial charge in [0.05, 0.1) is 6.61 Å². The maximum Gasteiger partial charge on any atom is 0.216 e. The molecule has 1 amide bonds. The first-order chi connectivity index (χ1) is 7.68. The van der Waals surface area contributed by atoms with Crippen LogP contribution in [0, 0.1) is 5.82 Å². The molecule has 4 heteroatoms. The molecule has 3 nitrogen and oxygen atoms in total. The molecule has 0 saturated heterocycles. The van der Waals surface area contributed by atoms with Crippen LogP contribution in [-0.4, -0.2) is 19.1 Å². The average Bonchev–Trinajstić information content (AvgIpc) is 2.25. The summed E-state index contributed by atoms with van der Waals surface area (Å²) in [5.74, 6) is 0.387. The Kier molecular flexibility index (Phi) is 5.32. The van der Waals surface area contributed by atoms with Gasteiger partial charge in [-0.3, -0.25) is 4.79 Å².